The van der Waals surface area contributed by atoms with Gasteiger partial charge in [0.1, 0.15) is 0 Å². The van der Waals surface area contributed by atoms with Gasteiger partial charge in [-0.1, -0.05) is 84.0 Å². The number of hydrogen-bond acceptors (Lipinski definition) is 0. The molecule has 27 heavy (non-hydrogen) atoms. The van der Waals surface area contributed by atoms with E-state index in [4.69, 9.17) is 0 Å². The van der Waals surface area contributed by atoms with E-state index in [-0.39, 0.29) is 21.7 Å². The summed E-state index contributed by atoms with van der Waals surface area (Å²) in [6.07, 6.45) is 0. The molecule has 140 valence electrons. The summed E-state index contributed by atoms with van der Waals surface area (Å²) in [5, 5.41) is 0. The van der Waals surface area contributed by atoms with Crippen molar-refractivity contribution in [3.8, 4) is 0 Å². The summed E-state index contributed by atoms with van der Waals surface area (Å²) in [6, 6.07) is 29.0. The Morgan fingerprint density at radius 2 is 0.926 bits per heavy atom. The lowest BCUT2D eigenvalue weighted by Crippen LogP contribution is -2.22. The monoisotopic (exact) mass is 375 g/mol. The van der Waals surface area contributed by atoms with Crippen molar-refractivity contribution in [2.45, 2.75) is 67.1 Å². The first-order valence-electron chi connectivity index (χ1n) is 9.67. The van der Waals surface area contributed by atoms with Gasteiger partial charge >= 0.3 is 0 Å². The average molecular weight is 376 g/mol. The molecular weight excluding hydrogens is 344 g/mol. The summed E-state index contributed by atoms with van der Waals surface area (Å²) in [7, 11) is -0.0948. The van der Waals surface area contributed by atoms with Crippen LogP contribution >= 0.6 is 0 Å². The molecule has 0 radical (unpaired) electrons. The Kier molecular flexibility index (Phi) is 5.53. The zero-order valence-corrected chi connectivity index (χ0v) is 18.2. The van der Waals surface area contributed by atoms with Gasteiger partial charge in [-0.05, 0) is 58.4 Å². The molecule has 0 aliphatic rings. The van der Waals surface area contributed by atoms with Gasteiger partial charge in [0, 0.05) is 0 Å². The average Bonchev–Trinajstić information content (AvgIpc) is 2.62. The maximum atomic E-state index is 2.46. The SMILES string of the molecule is CC(C)(C)c1ccc([S+](c2ccccc2)c2ccccc2)cc1C(C)(C)C. The van der Waals surface area contributed by atoms with E-state index in [0.29, 0.717) is 0 Å². The predicted octanol–water partition coefficient (Wildman–Crippen LogP) is 7.38. The van der Waals surface area contributed by atoms with Crippen LogP contribution in [-0.4, -0.2) is 0 Å². The first kappa shape index (κ1) is 19.8. The summed E-state index contributed by atoms with van der Waals surface area (Å²) >= 11 is 0. The standard InChI is InChI=1S/C26H31S/c1-25(2,3)23-18-17-22(19-24(23)26(4,5)6)27(20-13-9-7-10-14-20)21-15-11-8-12-16-21/h7-19H,1-6H3/q+1. The van der Waals surface area contributed by atoms with Crippen molar-refractivity contribution in [1.82, 2.24) is 0 Å². The summed E-state index contributed by atoms with van der Waals surface area (Å²) in [6.45, 7) is 13.9. The fourth-order valence-corrected chi connectivity index (χ4v) is 5.56. The molecule has 0 heterocycles. The van der Waals surface area contributed by atoms with Crippen LogP contribution in [0.3, 0.4) is 0 Å². The molecule has 0 saturated heterocycles. The van der Waals surface area contributed by atoms with Crippen LogP contribution in [0.15, 0.2) is 93.5 Å². The molecule has 3 aromatic carbocycles. The summed E-state index contributed by atoms with van der Waals surface area (Å²) in [5.41, 5.74) is 3.15. The Balaban J connectivity index is 2.22. The fraction of sp³-hybridized carbons (Fsp3) is 0.308. The summed E-state index contributed by atoms with van der Waals surface area (Å²) in [4.78, 5) is 4.13. The summed E-state index contributed by atoms with van der Waals surface area (Å²) in [5.74, 6) is 0. The topological polar surface area (TPSA) is 0 Å². The van der Waals surface area contributed by atoms with Gasteiger partial charge in [-0.2, -0.15) is 0 Å². The zero-order valence-electron chi connectivity index (χ0n) is 17.4. The van der Waals surface area contributed by atoms with Crippen LogP contribution in [0.2, 0.25) is 0 Å². The van der Waals surface area contributed by atoms with Crippen molar-refractivity contribution in [2.75, 3.05) is 0 Å². The van der Waals surface area contributed by atoms with Gasteiger partial charge in [-0.3, -0.25) is 0 Å². The van der Waals surface area contributed by atoms with Gasteiger partial charge in [0.2, 0.25) is 0 Å². The van der Waals surface area contributed by atoms with Gasteiger partial charge < -0.3 is 0 Å². The minimum absolute atomic E-state index is 0.0948. The predicted molar refractivity (Wildman–Crippen MR) is 119 cm³/mol. The number of hydrogen-bond donors (Lipinski definition) is 0. The van der Waals surface area contributed by atoms with Crippen LogP contribution in [0.5, 0.6) is 0 Å². The first-order valence-corrected chi connectivity index (χ1v) is 10.9. The lowest BCUT2D eigenvalue weighted by atomic mass is 9.75. The van der Waals surface area contributed by atoms with Gasteiger partial charge in [0.05, 0.1) is 10.9 Å². The van der Waals surface area contributed by atoms with Crippen LogP contribution in [0.25, 0.3) is 0 Å². The van der Waals surface area contributed by atoms with Crippen molar-refractivity contribution in [3.63, 3.8) is 0 Å². The maximum Gasteiger partial charge on any atom is 0.166 e. The van der Waals surface area contributed by atoms with Crippen molar-refractivity contribution >= 4 is 10.9 Å². The third-order valence-corrected chi connectivity index (χ3v) is 7.01. The largest absolute Gasteiger partial charge is 0.166 e. The molecule has 0 bridgehead atoms. The minimum Gasteiger partial charge on any atom is -0.0619 e. The van der Waals surface area contributed by atoms with E-state index in [1.54, 1.807) is 0 Å². The van der Waals surface area contributed by atoms with Gasteiger partial charge in [0.15, 0.2) is 14.7 Å². The highest BCUT2D eigenvalue weighted by atomic mass is 32.2. The second kappa shape index (κ2) is 7.56. The van der Waals surface area contributed by atoms with Crippen LogP contribution < -0.4 is 0 Å². The molecule has 0 fully saturated rings. The fourth-order valence-electron chi connectivity index (χ4n) is 3.45. The van der Waals surface area contributed by atoms with E-state index in [1.165, 1.54) is 25.8 Å². The molecular formula is C26H31S+. The Hall–Kier alpha value is -1.99. The van der Waals surface area contributed by atoms with E-state index in [9.17, 15) is 0 Å². The summed E-state index contributed by atoms with van der Waals surface area (Å²) < 4.78 is 0. The highest BCUT2D eigenvalue weighted by Gasteiger charge is 2.32. The van der Waals surface area contributed by atoms with Crippen molar-refractivity contribution in [1.29, 1.82) is 0 Å². The lowest BCUT2D eigenvalue weighted by Gasteiger charge is -2.30. The molecule has 0 aliphatic carbocycles. The highest BCUT2D eigenvalue weighted by Crippen LogP contribution is 2.38. The second-order valence-corrected chi connectivity index (χ2v) is 11.2. The zero-order chi connectivity index (χ0) is 19.7. The number of benzene rings is 3. The van der Waals surface area contributed by atoms with E-state index in [1.807, 2.05) is 0 Å². The smallest absolute Gasteiger partial charge is 0.0619 e. The van der Waals surface area contributed by atoms with Gasteiger partial charge in [-0.25, -0.2) is 0 Å². The van der Waals surface area contributed by atoms with E-state index in [0.717, 1.165) is 0 Å². The quantitative estimate of drug-likeness (QED) is 0.419. The molecule has 3 aromatic rings. The molecule has 0 spiro atoms. The Morgan fingerprint density at radius 3 is 1.33 bits per heavy atom. The van der Waals surface area contributed by atoms with Crippen molar-refractivity contribution in [3.05, 3.63) is 90.0 Å². The first-order chi connectivity index (χ1) is 12.7. The number of rotatable bonds is 3. The van der Waals surface area contributed by atoms with Crippen LogP contribution in [-0.2, 0) is 21.7 Å². The second-order valence-electron chi connectivity index (χ2n) is 9.14. The van der Waals surface area contributed by atoms with E-state index < -0.39 is 0 Å². The van der Waals surface area contributed by atoms with Gasteiger partial charge in [-0.15, -0.1) is 0 Å². The Labute approximate surface area is 168 Å². The minimum atomic E-state index is -0.0948. The molecule has 0 saturated carbocycles. The van der Waals surface area contributed by atoms with Crippen molar-refractivity contribution in [2.24, 2.45) is 0 Å². The van der Waals surface area contributed by atoms with E-state index >= 15 is 0 Å². The molecule has 0 amide bonds. The molecule has 0 aliphatic heterocycles. The van der Waals surface area contributed by atoms with E-state index in [2.05, 4.69) is 120 Å². The lowest BCUT2D eigenvalue weighted by molar-refractivity contribution is 0.528. The third kappa shape index (κ3) is 4.47. The molecule has 0 N–H and O–H groups in total. The molecule has 3 rings (SSSR count). The van der Waals surface area contributed by atoms with Gasteiger partial charge in [0.25, 0.3) is 0 Å². The third-order valence-electron chi connectivity index (χ3n) is 4.80. The molecule has 1 heteroatoms. The van der Waals surface area contributed by atoms with Crippen LogP contribution in [0, 0.1) is 0 Å². The molecule has 0 unspecified atom stereocenters. The normalized spacial score (nSPS) is 12.4. The molecule has 0 atom stereocenters. The molecule has 0 aromatic heterocycles. The van der Waals surface area contributed by atoms with Crippen LogP contribution in [0.1, 0.15) is 52.7 Å². The Bertz CT molecular complexity index is 841. The van der Waals surface area contributed by atoms with Crippen LogP contribution in [0.4, 0.5) is 0 Å². The van der Waals surface area contributed by atoms with Crippen molar-refractivity contribution < 1.29 is 0 Å². The Morgan fingerprint density at radius 1 is 0.481 bits per heavy atom. The molecule has 0 nitrogen and oxygen atoms in total. The highest BCUT2D eigenvalue weighted by molar-refractivity contribution is 7.97. The maximum absolute atomic E-state index is 2.46.